The van der Waals surface area contributed by atoms with Crippen LogP contribution in [0.4, 0.5) is 0 Å². The molecule has 2 aromatic rings. The van der Waals surface area contributed by atoms with Crippen LogP contribution in [0.5, 0.6) is 0 Å². The Kier molecular flexibility index (Phi) is 2.66. The van der Waals surface area contributed by atoms with Crippen molar-refractivity contribution in [2.75, 3.05) is 0 Å². The Labute approximate surface area is 97.1 Å². The van der Waals surface area contributed by atoms with Gasteiger partial charge in [0.1, 0.15) is 0 Å². The third-order valence-electron chi connectivity index (χ3n) is 2.28. The van der Waals surface area contributed by atoms with Gasteiger partial charge in [0.15, 0.2) is 0 Å². The van der Waals surface area contributed by atoms with Gasteiger partial charge in [-0.15, -0.1) is 0 Å². The van der Waals surface area contributed by atoms with Gasteiger partial charge in [0, 0.05) is 17.6 Å². The molecule has 1 aromatic carbocycles. The lowest BCUT2D eigenvalue weighted by atomic mass is 10.2. The minimum absolute atomic E-state index is 0.0901. The SMILES string of the molecule is Cc1cncn1-c1ccc(Cl)c(C(=O)O)c1. The van der Waals surface area contributed by atoms with Crippen molar-refractivity contribution in [2.24, 2.45) is 0 Å². The number of imidazole rings is 1. The highest BCUT2D eigenvalue weighted by Crippen LogP contribution is 2.20. The van der Waals surface area contributed by atoms with E-state index in [2.05, 4.69) is 4.98 Å². The third-order valence-corrected chi connectivity index (χ3v) is 2.61. The van der Waals surface area contributed by atoms with E-state index in [0.29, 0.717) is 0 Å². The second kappa shape index (κ2) is 3.98. The van der Waals surface area contributed by atoms with Crippen LogP contribution in [0.2, 0.25) is 5.02 Å². The van der Waals surface area contributed by atoms with Gasteiger partial charge < -0.3 is 9.67 Å². The third kappa shape index (κ3) is 1.79. The van der Waals surface area contributed by atoms with E-state index in [-0.39, 0.29) is 10.6 Å². The number of aromatic nitrogens is 2. The first-order chi connectivity index (χ1) is 7.59. The monoisotopic (exact) mass is 236 g/mol. The summed E-state index contributed by atoms with van der Waals surface area (Å²) >= 11 is 5.79. The number of carboxylic acid groups (broad SMARTS) is 1. The van der Waals surface area contributed by atoms with E-state index < -0.39 is 5.97 Å². The zero-order valence-electron chi connectivity index (χ0n) is 8.51. The Bertz CT molecular complexity index is 549. The van der Waals surface area contributed by atoms with Crippen molar-refractivity contribution in [3.63, 3.8) is 0 Å². The van der Waals surface area contributed by atoms with E-state index in [1.54, 1.807) is 29.2 Å². The molecule has 2 rings (SSSR count). The fourth-order valence-electron chi connectivity index (χ4n) is 1.46. The second-order valence-corrected chi connectivity index (χ2v) is 3.78. The molecule has 0 bridgehead atoms. The number of nitrogens with zero attached hydrogens (tertiary/aromatic N) is 2. The van der Waals surface area contributed by atoms with Gasteiger partial charge in [0.2, 0.25) is 0 Å². The van der Waals surface area contributed by atoms with Gasteiger partial charge in [-0.25, -0.2) is 9.78 Å². The molecule has 4 nitrogen and oxygen atoms in total. The molecule has 16 heavy (non-hydrogen) atoms. The topological polar surface area (TPSA) is 55.1 Å². The van der Waals surface area contributed by atoms with Gasteiger partial charge in [-0.1, -0.05) is 11.6 Å². The molecule has 1 N–H and O–H groups in total. The van der Waals surface area contributed by atoms with E-state index in [0.717, 1.165) is 11.4 Å². The zero-order chi connectivity index (χ0) is 11.7. The van der Waals surface area contributed by atoms with E-state index in [4.69, 9.17) is 16.7 Å². The molecular weight excluding hydrogens is 228 g/mol. The number of carbonyl (C=O) groups is 1. The van der Waals surface area contributed by atoms with Crippen molar-refractivity contribution in [3.05, 3.63) is 47.0 Å². The maximum absolute atomic E-state index is 10.9. The standard InChI is InChI=1S/C11H9ClN2O2/c1-7-5-13-6-14(7)8-2-3-10(12)9(4-8)11(15)16/h2-6H,1H3,(H,15,16). The molecule has 1 aromatic heterocycles. The van der Waals surface area contributed by atoms with Crippen molar-refractivity contribution in [1.82, 2.24) is 9.55 Å². The van der Waals surface area contributed by atoms with Crippen LogP contribution in [0.25, 0.3) is 5.69 Å². The Hall–Kier alpha value is -1.81. The largest absolute Gasteiger partial charge is 0.478 e. The summed E-state index contributed by atoms with van der Waals surface area (Å²) in [6.45, 7) is 1.89. The van der Waals surface area contributed by atoms with Gasteiger partial charge in [-0.3, -0.25) is 0 Å². The van der Waals surface area contributed by atoms with Crippen LogP contribution in [-0.2, 0) is 0 Å². The fraction of sp³-hybridized carbons (Fsp3) is 0.0909. The van der Waals surface area contributed by atoms with E-state index in [1.165, 1.54) is 6.07 Å². The van der Waals surface area contributed by atoms with Crippen LogP contribution in [-0.4, -0.2) is 20.6 Å². The summed E-state index contributed by atoms with van der Waals surface area (Å²) in [6, 6.07) is 4.85. The Morgan fingerprint density at radius 1 is 1.50 bits per heavy atom. The van der Waals surface area contributed by atoms with Crippen LogP contribution < -0.4 is 0 Å². The highest BCUT2D eigenvalue weighted by molar-refractivity contribution is 6.33. The molecule has 5 heteroatoms. The van der Waals surface area contributed by atoms with Gasteiger partial charge >= 0.3 is 5.97 Å². The molecular formula is C11H9ClN2O2. The average molecular weight is 237 g/mol. The lowest BCUT2D eigenvalue weighted by molar-refractivity contribution is 0.0697. The minimum atomic E-state index is -1.04. The lowest BCUT2D eigenvalue weighted by Gasteiger charge is -2.07. The van der Waals surface area contributed by atoms with Crippen molar-refractivity contribution in [3.8, 4) is 5.69 Å². The van der Waals surface area contributed by atoms with E-state index >= 15 is 0 Å². The summed E-state index contributed by atoms with van der Waals surface area (Å²) in [5.41, 5.74) is 1.75. The highest BCUT2D eigenvalue weighted by Gasteiger charge is 2.10. The van der Waals surface area contributed by atoms with Gasteiger partial charge in [-0.05, 0) is 25.1 Å². The molecule has 0 atom stereocenters. The van der Waals surface area contributed by atoms with Crippen LogP contribution in [0, 0.1) is 6.92 Å². The second-order valence-electron chi connectivity index (χ2n) is 3.37. The first-order valence-electron chi connectivity index (χ1n) is 4.62. The van der Waals surface area contributed by atoms with Crippen LogP contribution in [0.1, 0.15) is 16.1 Å². The summed E-state index contributed by atoms with van der Waals surface area (Å²) in [6.07, 6.45) is 3.33. The molecule has 0 aliphatic rings. The smallest absolute Gasteiger partial charge is 0.337 e. The quantitative estimate of drug-likeness (QED) is 0.872. The number of hydrogen-bond acceptors (Lipinski definition) is 2. The first kappa shape index (κ1) is 10.7. The Morgan fingerprint density at radius 2 is 2.25 bits per heavy atom. The molecule has 0 fully saturated rings. The van der Waals surface area contributed by atoms with Crippen molar-refractivity contribution >= 4 is 17.6 Å². The molecule has 0 aliphatic heterocycles. The molecule has 1 heterocycles. The number of carboxylic acids is 1. The molecule has 0 saturated carbocycles. The predicted octanol–water partition coefficient (Wildman–Crippen LogP) is 2.53. The predicted molar refractivity (Wildman–Crippen MR) is 60.3 cm³/mol. The maximum Gasteiger partial charge on any atom is 0.337 e. The average Bonchev–Trinajstić information content (AvgIpc) is 2.65. The van der Waals surface area contributed by atoms with Gasteiger partial charge in [-0.2, -0.15) is 0 Å². The van der Waals surface area contributed by atoms with Gasteiger partial charge in [0.05, 0.1) is 16.9 Å². The number of hydrogen-bond donors (Lipinski definition) is 1. The maximum atomic E-state index is 10.9. The zero-order valence-corrected chi connectivity index (χ0v) is 9.27. The van der Waals surface area contributed by atoms with Crippen molar-refractivity contribution in [2.45, 2.75) is 6.92 Å². The molecule has 0 amide bonds. The van der Waals surface area contributed by atoms with Crippen molar-refractivity contribution < 1.29 is 9.90 Å². The molecule has 0 radical (unpaired) electrons. The van der Waals surface area contributed by atoms with E-state index in [9.17, 15) is 4.79 Å². The molecule has 82 valence electrons. The fourth-order valence-corrected chi connectivity index (χ4v) is 1.66. The van der Waals surface area contributed by atoms with Crippen molar-refractivity contribution in [1.29, 1.82) is 0 Å². The first-order valence-corrected chi connectivity index (χ1v) is 4.99. The number of aryl methyl sites for hydroxylation is 1. The highest BCUT2D eigenvalue weighted by atomic mass is 35.5. The van der Waals surface area contributed by atoms with Crippen LogP contribution in [0.15, 0.2) is 30.7 Å². The van der Waals surface area contributed by atoms with Crippen LogP contribution >= 0.6 is 11.6 Å². The number of halogens is 1. The summed E-state index contributed by atoms with van der Waals surface area (Å²) in [7, 11) is 0. The summed E-state index contributed by atoms with van der Waals surface area (Å²) < 4.78 is 1.79. The number of benzene rings is 1. The number of rotatable bonds is 2. The summed E-state index contributed by atoms with van der Waals surface area (Å²) in [5, 5.41) is 9.18. The lowest BCUT2D eigenvalue weighted by Crippen LogP contribution is -2.01. The van der Waals surface area contributed by atoms with Gasteiger partial charge in [0.25, 0.3) is 0 Å². The Morgan fingerprint density at radius 3 is 2.81 bits per heavy atom. The molecule has 0 aliphatic carbocycles. The van der Waals surface area contributed by atoms with Crippen LogP contribution in [0.3, 0.4) is 0 Å². The summed E-state index contributed by atoms with van der Waals surface area (Å²) in [4.78, 5) is 14.9. The molecule has 0 spiro atoms. The summed E-state index contributed by atoms with van der Waals surface area (Å²) in [5.74, 6) is -1.04. The molecule has 0 saturated heterocycles. The number of aromatic carboxylic acids is 1. The Balaban J connectivity index is 2.56. The normalized spacial score (nSPS) is 10.4. The minimum Gasteiger partial charge on any atom is -0.478 e. The van der Waals surface area contributed by atoms with E-state index in [1.807, 2.05) is 6.92 Å². The molecule has 0 unspecified atom stereocenters.